The van der Waals surface area contributed by atoms with Gasteiger partial charge in [-0.05, 0) is 31.0 Å². The molecule has 19 heavy (non-hydrogen) atoms. The second-order valence-electron chi connectivity index (χ2n) is 5.49. The molecule has 2 heteroatoms. The van der Waals surface area contributed by atoms with Crippen molar-refractivity contribution in [3.05, 3.63) is 23.8 Å². The molecule has 0 bridgehead atoms. The third-order valence-corrected chi connectivity index (χ3v) is 3.55. The zero-order valence-electron chi connectivity index (χ0n) is 12.7. The zero-order chi connectivity index (χ0) is 13.9. The van der Waals surface area contributed by atoms with Gasteiger partial charge in [-0.15, -0.1) is 0 Å². The summed E-state index contributed by atoms with van der Waals surface area (Å²) in [6.07, 6.45) is 10.9. The highest BCUT2D eigenvalue weighted by Crippen LogP contribution is 2.19. The molecule has 1 aromatic rings. The van der Waals surface area contributed by atoms with E-state index in [1.165, 1.54) is 56.9 Å². The lowest BCUT2D eigenvalue weighted by atomic mass is 10.1. The van der Waals surface area contributed by atoms with Gasteiger partial charge < -0.3 is 11.1 Å². The fraction of sp³-hybridized carbons (Fsp3) is 0.647. The van der Waals surface area contributed by atoms with Crippen LogP contribution in [0.3, 0.4) is 0 Å². The van der Waals surface area contributed by atoms with Crippen LogP contribution >= 0.6 is 0 Å². The predicted molar refractivity (Wildman–Crippen MR) is 86.7 cm³/mol. The number of nitrogen functional groups attached to an aromatic ring is 1. The molecule has 0 atom stereocenters. The molecule has 0 unspecified atom stereocenters. The number of aryl methyl sites for hydroxylation is 1. The van der Waals surface area contributed by atoms with Crippen molar-refractivity contribution in [2.75, 3.05) is 17.6 Å². The summed E-state index contributed by atoms with van der Waals surface area (Å²) in [5.74, 6) is 0. The van der Waals surface area contributed by atoms with Crippen molar-refractivity contribution < 1.29 is 0 Å². The molecule has 0 radical (unpaired) electrons. The zero-order valence-corrected chi connectivity index (χ0v) is 12.7. The van der Waals surface area contributed by atoms with Crippen molar-refractivity contribution in [2.45, 2.75) is 65.2 Å². The van der Waals surface area contributed by atoms with Crippen LogP contribution in [-0.4, -0.2) is 6.54 Å². The normalized spacial score (nSPS) is 10.6. The third-order valence-electron chi connectivity index (χ3n) is 3.55. The molecule has 1 aromatic carbocycles. The predicted octanol–water partition coefficient (Wildman–Crippen LogP) is 5.13. The molecular formula is C17H30N2. The van der Waals surface area contributed by atoms with Gasteiger partial charge in [-0.25, -0.2) is 0 Å². The van der Waals surface area contributed by atoms with E-state index in [0.717, 1.165) is 17.9 Å². The SMILES string of the molecule is CCCCCCCCCCNc1ccc(C)cc1N. The standard InChI is InChI=1S/C17H30N2/c1-3-4-5-6-7-8-9-10-13-19-17-12-11-15(2)14-16(17)18/h11-12,14,19H,3-10,13,18H2,1-2H3. The van der Waals surface area contributed by atoms with Gasteiger partial charge in [0.2, 0.25) is 0 Å². The Labute approximate surface area is 118 Å². The van der Waals surface area contributed by atoms with Crippen LogP contribution in [0.15, 0.2) is 18.2 Å². The van der Waals surface area contributed by atoms with Gasteiger partial charge in [-0.1, -0.05) is 57.9 Å². The molecule has 0 saturated carbocycles. The van der Waals surface area contributed by atoms with E-state index in [0.29, 0.717) is 0 Å². The lowest BCUT2D eigenvalue weighted by Gasteiger charge is -2.09. The molecule has 0 aliphatic heterocycles. The smallest absolute Gasteiger partial charge is 0.0574 e. The van der Waals surface area contributed by atoms with Gasteiger partial charge in [0.25, 0.3) is 0 Å². The minimum Gasteiger partial charge on any atom is -0.397 e. The topological polar surface area (TPSA) is 38.0 Å². The number of anilines is 2. The molecule has 3 N–H and O–H groups in total. The summed E-state index contributed by atoms with van der Waals surface area (Å²) in [4.78, 5) is 0. The number of nitrogens with two attached hydrogens (primary N) is 1. The molecule has 0 amide bonds. The number of benzene rings is 1. The number of hydrogen-bond donors (Lipinski definition) is 2. The number of unbranched alkanes of at least 4 members (excludes halogenated alkanes) is 7. The molecule has 0 fully saturated rings. The average Bonchev–Trinajstić information content (AvgIpc) is 2.39. The van der Waals surface area contributed by atoms with E-state index in [4.69, 9.17) is 5.73 Å². The Balaban J connectivity index is 2.01. The molecule has 0 aliphatic rings. The van der Waals surface area contributed by atoms with Crippen molar-refractivity contribution in [3.8, 4) is 0 Å². The van der Waals surface area contributed by atoms with Gasteiger partial charge in [0.1, 0.15) is 0 Å². The largest absolute Gasteiger partial charge is 0.397 e. The molecule has 0 aliphatic carbocycles. The fourth-order valence-electron chi connectivity index (χ4n) is 2.33. The summed E-state index contributed by atoms with van der Waals surface area (Å²) >= 11 is 0. The Kier molecular flexibility index (Phi) is 8.11. The molecule has 0 heterocycles. The monoisotopic (exact) mass is 262 g/mol. The number of rotatable bonds is 10. The first-order chi connectivity index (χ1) is 9.24. The highest BCUT2D eigenvalue weighted by Gasteiger charge is 1.98. The molecule has 108 valence electrons. The van der Waals surface area contributed by atoms with Crippen LogP contribution in [0.1, 0.15) is 63.9 Å². The van der Waals surface area contributed by atoms with Crippen molar-refractivity contribution in [3.63, 3.8) is 0 Å². The van der Waals surface area contributed by atoms with E-state index >= 15 is 0 Å². The molecule has 1 rings (SSSR count). The minimum atomic E-state index is 0.861. The maximum atomic E-state index is 5.97. The minimum absolute atomic E-state index is 0.861. The first kappa shape index (κ1) is 15.9. The van der Waals surface area contributed by atoms with Crippen molar-refractivity contribution in [1.29, 1.82) is 0 Å². The van der Waals surface area contributed by atoms with E-state index in [9.17, 15) is 0 Å². The van der Waals surface area contributed by atoms with Crippen LogP contribution in [0.5, 0.6) is 0 Å². The summed E-state index contributed by atoms with van der Waals surface area (Å²) in [5, 5.41) is 3.43. The highest BCUT2D eigenvalue weighted by atomic mass is 14.9. The Morgan fingerprint density at radius 3 is 2.21 bits per heavy atom. The molecule has 0 aromatic heterocycles. The summed E-state index contributed by atoms with van der Waals surface area (Å²) < 4.78 is 0. The van der Waals surface area contributed by atoms with E-state index in [-0.39, 0.29) is 0 Å². The van der Waals surface area contributed by atoms with Crippen LogP contribution in [0, 0.1) is 6.92 Å². The molecule has 0 saturated heterocycles. The van der Waals surface area contributed by atoms with Gasteiger partial charge in [-0.2, -0.15) is 0 Å². The van der Waals surface area contributed by atoms with Crippen LogP contribution in [-0.2, 0) is 0 Å². The Morgan fingerprint density at radius 2 is 1.58 bits per heavy atom. The second kappa shape index (κ2) is 9.71. The first-order valence-electron chi connectivity index (χ1n) is 7.84. The lowest BCUT2D eigenvalue weighted by molar-refractivity contribution is 0.581. The maximum absolute atomic E-state index is 5.97. The molecule has 2 nitrogen and oxygen atoms in total. The molecular weight excluding hydrogens is 232 g/mol. The van der Waals surface area contributed by atoms with E-state index in [1.54, 1.807) is 0 Å². The second-order valence-corrected chi connectivity index (χ2v) is 5.49. The Hall–Kier alpha value is -1.18. The van der Waals surface area contributed by atoms with Gasteiger partial charge >= 0.3 is 0 Å². The summed E-state index contributed by atoms with van der Waals surface area (Å²) in [6, 6.07) is 6.21. The average molecular weight is 262 g/mol. The molecule has 0 spiro atoms. The van der Waals surface area contributed by atoms with Crippen LogP contribution in [0.4, 0.5) is 11.4 Å². The van der Waals surface area contributed by atoms with Crippen molar-refractivity contribution in [1.82, 2.24) is 0 Å². The Morgan fingerprint density at radius 1 is 0.947 bits per heavy atom. The van der Waals surface area contributed by atoms with Crippen LogP contribution < -0.4 is 11.1 Å². The van der Waals surface area contributed by atoms with Gasteiger partial charge in [0.05, 0.1) is 11.4 Å². The van der Waals surface area contributed by atoms with E-state index < -0.39 is 0 Å². The highest BCUT2D eigenvalue weighted by molar-refractivity contribution is 5.66. The lowest BCUT2D eigenvalue weighted by Crippen LogP contribution is -2.04. The quantitative estimate of drug-likeness (QED) is 0.453. The van der Waals surface area contributed by atoms with Gasteiger partial charge in [-0.3, -0.25) is 0 Å². The van der Waals surface area contributed by atoms with Gasteiger partial charge in [0.15, 0.2) is 0 Å². The van der Waals surface area contributed by atoms with Crippen LogP contribution in [0.25, 0.3) is 0 Å². The first-order valence-corrected chi connectivity index (χ1v) is 7.84. The summed E-state index contributed by atoms with van der Waals surface area (Å²) in [6.45, 7) is 5.36. The Bertz CT molecular complexity index is 347. The number of hydrogen-bond acceptors (Lipinski definition) is 2. The van der Waals surface area contributed by atoms with Crippen molar-refractivity contribution in [2.24, 2.45) is 0 Å². The van der Waals surface area contributed by atoms with Gasteiger partial charge in [0, 0.05) is 6.54 Å². The van der Waals surface area contributed by atoms with E-state index in [1.807, 2.05) is 6.07 Å². The summed E-state index contributed by atoms with van der Waals surface area (Å²) in [5.41, 5.74) is 9.12. The number of nitrogens with one attached hydrogen (secondary N) is 1. The summed E-state index contributed by atoms with van der Waals surface area (Å²) in [7, 11) is 0. The van der Waals surface area contributed by atoms with E-state index in [2.05, 4.69) is 31.3 Å². The maximum Gasteiger partial charge on any atom is 0.0574 e. The third kappa shape index (κ3) is 7.09. The van der Waals surface area contributed by atoms with Crippen LogP contribution in [0.2, 0.25) is 0 Å². The fourth-order valence-corrected chi connectivity index (χ4v) is 2.33. The van der Waals surface area contributed by atoms with Crippen molar-refractivity contribution >= 4 is 11.4 Å².